The molecule has 0 saturated heterocycles. The van der Waals surface area contributed by atoms with Crippen LogP contribution in [0.15, 0.2) is 0 Å². The maximum atomic E-state index is 8.51. The number of rotatable bonds is 5. The fourth-order valence-electron chi connectivity index (χ4n) is 0.710. The summed E-state index contributed by atoms with van der Waals surface area (Å²) in [5.74, 6) is 0. The summed E-state index contributed by atoms with van der Waals surface area (Å²) >= 11 is 5.58. The Labute approximate surface area is 85.9 Å². The second kappa shape index (κ2) is 5.56. The average molecular weight is 220 g/mol. The van der Waals surface area contributed by atoms with E-state index in [4.69, 9.17) is 26.2 Å². The van der Waals surface area contributed by atoms with Crippen molar-refractivity contribution >= 4 is 11.6 Å². The summed E-state index contributed by atoms with van der Waals surface area (Å²) in [4.78, 5) is 11.2. The van der Waals surface area contributed by atoms with Crippen LogP contribution >= 0.6 is 11.6 Å². The lowest BCUT2D eigenvalue weighted by Crippen LogP contribution is -2.07. The van der Waals surface area contributed by atoms with Crippen LogP contribution in [0.4, 0.5) is 0 Å². The van der Waals surface area contributed by atoms with Crippen molar-refractivity contribution in [2.75, 3.05) is 19.8 Å². The minimum absolute atomic E-state index is 0.00334. The summed E-state index contributed by atoms with van der Waals surface area (Å²) in [6.45, 7) is 2.21. The molecule has 1 aromatic heterocycles. The highest BCUT2D eigenvalue weighted by Crippen LogP contribution is 2.12. The quantitative estimate of drug-likeness (QED) is 0.767. The van der Waals surface area contributed by atoms with Crippen LogP contribution in [0, 0.1) is 0 Å². The predicted molar refractivity (Wildman–Crippen MR) is 48.6 cm³/mol. The van der Waals surface area contributed by atoms with Crippen molar-refractivity contribution in [2.24, 2.45) is 0 Å². The van der Waals surface area contributed by atoms with E-state index >= 15 is 0 Å². The van der Waals surface area contributed by atoms with Gasteiger partial charge in [-0.25, -0.2) is 0 Å². The minimum atomic E-state index is -0.118. The first-order chi connectivity index (χ1) is 6.76. The Hall–Kier alpha value is -1.14. The van der Waals surface area contributed by atoms with Crippen molar-refractivity contribution in [1.82, 2.24) is 15.0 Å². The molecule has 0 unspecified atom stereocenters. The molecule has 0 fully saturated rings. The Morgan fingerprint density at radius 2 is 1.86 bits per heavy atom. The third-order valence-electron chi connectivity index (χ3n) is 1.16. The van der Waals surface area contributed by atoms with Gasteiger partial charge in [-0.3, -0.25) is 0 Å². The topological polar surface area (TPSA) is 77.4 Å². The van der Waals surface area contributed by atoms with Crippen LogP contribution in [0.3, 0.4) is 0 Å². The van der Waals surface area contributed by atoms with Crippen LogP contribution < -0.4 is 9.47 Å². The van der Waals surface area contributed by atoms with E-state index < -0.39 is 0 Å². The van der Waals surface area contributed by atoms with Crippen molar-refractivity contribution < 1.29 is 14.6 Å². The highest BCUT2D eigenvalue weighted by molar-refractivity contribution is 6.28. The van der Waals surface area contributed by atoms with Crippen molar-refractivity contribution in [1.29, 1.82) is 0 Å². The Kier molecular flexibility index (Phi) is 4.34. The molecule has 0 amide bonds. The first kappa shape index (κ1) is 10.9. The molecule has 0 spiro atoms. The molecule has 78 valence electrons. The number of aromatic nitrogens is 3. The minimum Gasteiger partial charge on any atom is -0.464 e. The van der Waals surface area contributed by atoms with E-state index in [0.29, 0.717) is 6.61 Å². The first-order valence-electron chi connectivity index (χ1n) is 4.04. The van der Waals surface area contributed by atoms with Gasteiger partial charge in [-0.15, -0.1) is 4.98 Å². The third-order valence-corrected chi connectivity index (χ3v) is 1.33. The molecular formula is C7H10ClN3O3. The molecule has 0 aromatic carbocycles. The van der Waals surface area contributed by atoms with Crippen LogP contribution in [0.2, 0.25) is 5.28 Å². The summed E-state index contributed by atoms with van der Waals surface area (Å²) in [6.07, 6.45) is 0. The highest BCUT2D eigenvalue weighted by Gasteiger charge is 2.05. The third kappa shape index (κ3) is 3.31. The molecule has 0 bridgehead atoms. The number of aliphatic hydroxyl groups is 1. The van der Waals surface area contributed by atoms with Crippen molar-refractivity contribution in [3.8, 4) is 12.0 Å². The second-order valence-electron chi connectivity index (χ2n) is 2.17. The van der Waals surface area contributed by atoms with Gasteiger partial charge in [-0.2, -0.15) is 9.97 Å². The predicted octanol–water partition coefficient (Wildman–Crippen LogP) is 0.295. The van der Waals surface area contributed by atoms with Gasteiger partial charge in [-0.1, -0.05) is 0 Å². The zero-order valence-electron chi connectivity index (χ0n) is 7.60. The molecule has 0 radical (unpaired) electrons. The van der Waals surface area contributed by atoms with E-state index in [9.17, 15) is 0 Å². The van der Waals surface area contributed by atoms with Gasteiger partial charge in [0.15, 0.2) is 0 Å². The van der Waals surface area contributed by atoms with Gasteiger partial charge in [0.05, 0.1) is 13.2 Å². The molecule has 14 heavy (non-hydrogen) atoms. The van der Waals surface area contributed by atoms with Crippen molar-refractivity contribution in [3.05, 3.63) is 5.28 Å². The van der Waals surface area contributed by atoms with Gasteiger partial charge in [0.2, 0.25) is 5.28 Å². The van der Waals surface area contributed by atoms with Crippen LogP contribution in [0.1, 0.15) is 6.92 Å². The van der Waals surface area contributed by atoms with Crippen LogP contribution in [0.25, 0.3) is 0 Å². The van der Waals surface area contributed by atoms with Gasteiger partial charge >= 0.3 is 12.0 Å². The van der Waals surface area contributed by atoms with E-state index in [2.05, 4.69) is 15.0 Å². The van der Waals surface area contributed by atoms with Gasteiger partial charge in [0.25, 0.3) is 0 Å². The van der Waals surface area contributed by atoms with Crippen molar-refractivity contribution in [2.45, 2.75) is 6.92 Å². The van der Waals surface area contributed by atoms with E-state index in [1.165, 1.54) is 0 Å². The molecular weight excluding hydrogens is 210 g/mol. The largest absolute Gasteiger partial charge is 0.464 e. The van der Waals surface area contributed by atoms with Gasteiger partial charge < -0.3 is 14.6 Å². The van der Waals surface area contributed by atoms with Crippen molar-refractivity contribution in [3.63, 3.8) is 0 Å². The molecule has 1 aromatic rings. The molecule has 0 aliphatic rings. The van der Waals surface area contributed by atoms with Crippen LogP contribution in [-0.2, 0) is 0 Å². The Bertz CT molecular complexity index is 298. The van der Waals surface area contributed by atoms with E-state index in [1.54, 1.807) is 6.92 Å². The van der Waals surface area contributed by atoms with E-state index in [0.717, 1.165) is 0 Å². The number of ether oxygens (including phenoxy) is 2. The average Bonchev–Trinajstić information content (AvgIpc) is 2.14. The number of halogens is 1. The number of hydrogen-bond donors (Lipinski definition) is 1. The summed E-state index contributed by atoms with van der Waals surface area (Å²) in [6, 6.07) is 0.155. The molecule has 1 N–H and O–H groups in total. The van der Waals surface area contributed by atoms with Gasteiger partial charge in [0, 0.05) is 0 Å². The zero-order valence-corrected chi connectivity index (χ0v) is 8.36. The smallest absolute Gasteiger partial charge is 0.324 e. The maximum absolute atomic E-state index is 8.51. The Balaban J connectivity index is 2.73. The van der Waals surface area contributed by atoms with Gasteiger partial charge in [0.1, 0.15) is 6.61 Å². The van der Waals surface area contributed by atoms with Gasteiger partial charge in [-0.05, 0) is 18.5 Å². The Morgan fingerprint density at radius 1 is 1.21 bits per heavy atom. The lowest BCUT2D eigenvalue weighted by molar-refractivity contribution is 0.188. The first-order valence-corrected chi connectivity index (χ1v) is 4.42. The molecule has 0 atom stereocenters. The Morgan fingerprint density at radius 3 is 2.43 bits per heavy atom. The zero-order chi connectivity index (χ0) is 10.4. The maximum Gasteiger partial charge on any atom is 0.324 e. The fraction of sp³-hybridized carbons (Fsp3) is 0.571. The van der Waals surface area contributed by atoms with Crippen LogP contribution in [0.5, 0.6) is 12.0 Å². The van der Waals surface area contributed by atoms with Crippen LogP contribution in [-0.4, -0.2) is 39.9 Å². The van der Waals surface area contributed by atoms with E-state index in [-0.39, 0.29) is 30.5 Å². The molecule has 0 saturated carbocycles. The molecule has 0 aliphatic carbocycles. The van der Waals surface area contributed by atoms with E-state index in [1.807, 2.05) is 0 Å². The lowest BCUT2D eigenvalue weighted by Gasteiger charge is -2.04. The summed E-state index contributed by atoms with van der Waals surface area (Å²) in [7, 11) is 0. The normalized spacial score (nSPS) is 9.93. The lowest BCUT2D eigenvalue weighted by atomic mass is 10.8. The monoisotopic (exact) mass is 219 g/mol. The highest BCUT2D eigenvalue weighted by atomic mass is 35.5. The second-order valence-corrected chi connectivity index (χ2v) is 2.51. The number of hydrogen-bond acceptors (Lipinski definition) is 6. The molecule has 1 heterocycles. The number of nitrogens with zero attached hydrogens (tertiary/aromatic N) is 3. The molecule has 7 heteroatoms. The summed E-state index contributed by atoms with van der Waals surface area (Å²) < 4.78 is 9.96. The fourth-order valence-corrected chi connectivity index (χ4v) is 0.854. The SMILES string of the molecule is CCOc1nc(Cl)nc(OCCO)n1. The molecule has 6 nitrogen and oxygen atoms in total. The molecule has 0 aliphatic heterocycles. The standard InChI is InChI=1S/C7H10ClN3O3/c1-2-13-6-9-5(8)10-7(11-6)14-4-3-12/h12H,2-4H2,1H3. The number of aliphatic hydroxyl groups excluding tert-OH is 1. The molecule has 1 rings (SSSR count). The summed E-state index contributed by atoms with van der Waals surface area (Å²) in [5.41, 5.74) is 0. The summed E-state index contributed by atoms with van der Waals surface area (Å²) in [5, 5.41) is 8.51.